The highest BCUT2D eigenvalue weighted by molar-refractivity contribution is 6.00. The molecule has 0 spiro atoms. The van der Waals surface area contributed by atoms with Crippen LogP contribution in [0.1, 0.15) is 52.5 Å². The van der Waals surface area contributed by atoms with Gasteiger partial charge in [0.1, 0.15) is 11.6 Å². The molecule has 1 atom stereocenters. The molecule has 0 saturated carbocycles. The summed E-state index contributed by atoms with van der Waals surface area (Å²) in [6.07, 6.45) is 5.73. The Bertz CT molecular complexity index is 1450. The Morgan fingerprint density at radius 2 is 1.87 bits per heavy atom. The number of nitrogens with zero attached hydrogens (tertiary/aromatic N) is 5. The van der Waals surface area contributed by atoms with Crippen molar-refractivity contribution < 1.29 is 19.1 Å². The second kappa shape index (κ2) is 9.77. The first kappa shape index (κ1) is 25.7. The van der Waals surface area contributed by atoms with E-state index in [0.717, 1.165) is 30.5 Å². The lowest BCUT2D eigenvalue weighted by Gasteiger charge is -2.33. The molecule has 2 aromatic heterocycles. The fourth-order valence-electron chi connectivity index (χ4n) is 5.39. The van der Waals surface area contributed by atoms with E-state index in [1.165, 1.54) is 4.57 Å². The Morgan fingerprint density at radius 1 is 1.13 bits per heavy atom. The van der Waals surface area contributed by atoms with E-state index >= 15 is 0 Å². The number of fused-ring (bicyclic) bond motifs is 1. The molecule has 38 heavy (non-hydrogen) atoms. The molecule has 11 nitrogen and oxygen atoms in total. The van der Waals surface area contributed by atoms with E-state index in [2.05, 4.69) is 10.4 Å². The van der Waals surface area contributed by atoms with Gasteiger partial charge >= 0.3 is 11.8 Å². The molecule has 1 unspecified atom stereocenters. The first-order valence-corrected chi connectivity index (χ1v) is 13.1. The highest BCUT2D eigenvalue weighted by Crippen LogP contribution is 2.31. The van der Waals surface area contributed by atoms with Crippen LogP contribution in [-0.4, -0.2) is 60.4 Å². The number of ether oxygens (including phenoxy) is 1. The Morgan fingerprint density at radius 3 is 2.55 bits per heavy atom. The first-order chi connectivity index (χ1) is 18.0. The number of aromatic nitrogens is 4. The first-order valence-electron chi connectivity index (χ1n) is 13.1. The Labute approximate surface area is 220 Å². The fraction of sp³-hybridized carbons (Fsp3) is 0.519. The molecule has 11 heteroatoms. The molecule has 2 aliphatic heterocycles. The predicted molar refractivity (Wildman–Crippen MR) is 140 cm³/mol. The average Bonchev–Trinajstić information content (AvgIpc) is 3.41. The quantitative estimate of drug-likeness (QED) is 0.526. The minimum atomic E-state index is -0.728. The lowest BCUT2D eigenvalue weighted by molar-refractivity contribution is -0.135. The second-order valence-corrected chi connectivity index (χ2v) is 11.2. The SMILES string of the molecule is Cn1c(=O)n(C2CCC(=O)NC2=O)c2cccc(-c3cnn(CC4CCN(C(=O)OC(C)(C)C)CC4)c3)c21. The van der Waals surface area contributed by atoms with Gasteiger partial charge in [-0.1, -0.05) is 12.1 Å². The Hall–Kier alpha value is -3.89. The van der Waals surface area contributed by atoms with Crippen molar-refractivity contribution in [3.8, 4) is 11.1 Å². The van der Waals surface area contributed by atoms with Gasteiger partial charge in [-0.05, 0) is 52.0 Å². The van der Waals surface area contributed by atoms with Crippen LogP contribution in [-0.2, 0) is 27.9 Å². The van der Waals surface area contributed by atoms with E-state index in [-0.39, 0.29) is 24.1 Å². The van der Waals surface area contributed by atoms with Crippen molar-refractivity contribution in [2.75, 3.05) is 13.1 Å². The van der Waals surface area contributed by atoms with E-state index in [0.29, 0.717) is 36.5 Å². The normalized spacial score (nSPS) is 19.2. The van der Waals surface area contributed by atoms with Gasteiger partial charge in [-0.25, -0.2) is 9.59 Å². The molecule has 202 valence electrons. The van der Waals surface area contributed by atoms with Crippen LogP contribution in [0.2, 0.25) is 0 Å². The van der Waals surface area contributed by atoms with Gasteiger partial charge in [-0.3, -0.25) is 28.7 Å². The maximum absolute atomic E-state index is 13.2. The van der Waals surface area contributed by atoms with Crippen molar-refractivity contribution in [1.82, 2.24) is 29.1 Å². The van der Waals surface area contributed by atoms with E-state index in [4.69, 9.17) is 4.74 Å². The summed E-state index contributed by atoms with van der Waals surface area (Å²) in [5.74, 6) is -0.384. The molecular weight excluding hydrogens is 488 g/mol. The molecule has 5 rings (SSSR count). The summed E-state index contributed by atoms with van der Waals surface area (Å²) < 4.78 is 10.5. The van der Waals surface area contributed by atoms with E-state index in [9.17, 15) is 19.2 Å². The zero-order valence-corrected chi connectivity index (χ0v) is 22.3. The number of imide groups is 1. The molecular formula is C27H34N6O5. The molecule has 0 bridgehead atoms. The van der Waals surface area contributed by atoms with Crippen LogP contribution in [0.25, 0.3) is 22.2 Å². The molecule has 2 fully saturated rings. The van der Waals surface area contributed by atoms with Crippen LogP contribution in [0.3, 0.4) is 0 Å². The predicted octanol–water partition coefficient (Wildman–Crippen LogP) is 2.83. The van der Waals surface area contributed by atoms with Gasteiger partial charge in [0.05, 0.1) is 17.2 Å². The van der Waals surface area contributed by atoms with Gasteiger partial charge in [0.2, 0.25) is 11.8 Å². The zero-order chi connectivity index (χ0) is 27.2. The Kier molecular flexibility index (Phi) is 6.62. The number of para-hydroxylation sites is 1. The number of hydrogen-bond donors (Lipinski definition) is 1. The van der Waals surface area contributed by atoms with Gasteiger partial charge in [-0.15, -0.1) is 0 Å². The van der Waals surface area contributed by atoms with Crippen molar-refractivity contribution in [3.05, 3.63) is 41.1 Å². The molecule has 3 aromatic rings. The third-order valence-corrected chi connectivity index (χ3v) is 7.28. The third kappa shape index (κ3) is 4.97. The maximum Gasteiger partial charge on any atom is 0.410 e. The number of amides is 3. The number of aryl methyl sites for hydroxylation is 1. The van der Waals surface area contributed by atoms with Crippen molar-refractivity contribution in [2.24, 2.45) is 13.0 Å². The summed E-state index contributed by atoms with van der Waals surface area (Å²) in [6, 6.07) is 4.90. The van der Waals surface area contributed by atoms with E-state index < -0.39 is 17.6 Å². The van der Waals surface area contributed by atoms with Crippen LogP contribution >= 0.6 is 0 Å². The number of piperidine rings is 2. The monoisotopic (exact) mass is 522 g/mol. The van der Waals surface area contributed by atoms with Gasteiger partial charge in [0, 0.05) is 50.4 Å². The number of likely N-dealkylation sites (tertiary alicyclic amines) is 1. The largest absolute Gasteiger partial charge is 0.444 e. The number of hydrogen-bond acceptors (Lipinski definition) is 6. The summed E-state index contributed by atoms with van der Waals surface area (Å²) in [5.41, 5.74) is 2.27. The molecule has 0 radical (unpaired) electrons. The summed E-state index contributed by atoms with van der Waals surface area (Å²) in [4.78, 5) is 51.5. The van der Waals surface area contributed by atoms with Crippen LogP contribution in [0.15, 0.2) is 35.4 Å². The van der Waals surface area contributed by atoms with Crippen LogP contribution in [0, 0.1) is 5.92 Å². The zero-order valence-electron chi connectivity index (χ0n) is 22.3. The van der Waals surface area contributed by atoms with Gasteiger partial charge in [0.15, 0.2) is 0 Å². The van der Waals surface area contributed by atoms with Crippen molar-refractivity contribution in [2.45, 2.75) is 64.6 Å². The lowest BCUT2D eigenvalue weighted by Crippen LogP contribution is -2.44. The number of carbonyl (C=O) groups is 3. The number of imidazole rings is 1. The molecule has 1 N–H and O–H groups in total. The topological polar surface area (TPSA) is 120 Å². The molecule has 1 aromatic carbocycles. The minimum absolute atomic E-state index is 0.197. The smallest absolute Gasteiger partial charge is 0.410 e. The average molecular weight is 523 g/mol. The van der Waals surface area contributed by atoms with E-state index in [1.54, 1.807) is 22.7 Å². The van der Waals surface area contributed by atoms with Gasteiger partial charge in [-0.2, -0.15) is 5.10 Å². The standard InChI is InChI=1S/C27H34N6O5/c1-27(2,3)38-26(37)31-12-10-17(11-13-31)15-32-16-18(14-28-32)19-6-5-7-20-23(19)30(4)25(36)33(20)21-8-9-22(34)29-24(21)35/h5-7,14,16-17,21H,8-13,15H2,1-4H3,(H,29,34,35). The molecule has 2 saturated heterocycles. The fourth-order valence-corrected chi connectivity index (χ4v) is 5.39. The number of benzene rings is 1. The van der Waals surface area contributed by atoms with E-state index in [1.807, 2.05) is 49.8 Å². The highest BCUT2D eigenvalue weighted by atomic mass is 16.6. The molecule has 0 aliphatic carbocycles. The number of rotatable bonds is 4. The minimum Gasteiger partial charge on any atom is -0.444 e. The number of carbonyl (C=O) groups excluding carboxylic acids is 3. The van der Waals surface area contributed by atoms with Crippen molar-refractivity contribution in [1.29, 1.82) is 0 Å². The molecule has 4 heterocycles. The molecule has 2 aliphatic rings. The molecule has 3 amide bonds. The van der Waals surface area contributed by atoms with Crippen LogP contribution < -0.4 is 11.0 Å². The number of nitrogens with one attached hydrogen (secondary N) is 1. The maximum atomic E-state index is 13.2. The summed E-state index contributed by atoms with van der Waals surface area (Å²) >= 11 is 0. The summed E-state index contributed by atoms with van der Waals surface area (Å²) in [6.45, 7) is 7.65. The second-order valence-electron chi connectivity index (χ2n) is 11.2. The van der Waals surface area contributed by atoms with Crippen molar-refractivity contribution in [3.63, 3.8) is 0 Å². The summed E-state index contributed by atoms with van der Waals surface area (Å²) in [7, 11) is 1.69. The van der Waals surface area contributed by atoms with Gasteiger partial charge in [0.25, 0.3) is 0 Å². The van der Waals surface area contributed by atoms with Crippen LogP contribution in [0.4, 0.5) is 4.79 Å². The van der Waals surface area contributed by atoms with Gasteiger partial charge < -0.3 is 9.64 Å². The summed E-state index contributed by atoms with van der Waals surface area (Å²) in [5, 5.41) is 6.93. The third-order valence-electron chi connectivity index (χ3n) is 7.28. The highest BCUT2D eigenvalue weighted by Gasteiger charge is 2.32. The van der Waals surface area contributed by atoms with Crippen molar-refractivity contribution >= 4 is 28.9 Å². The van der Waals surface area contributed by atoms with Crippen LogP contribution in [0.5, 0.6) is 0 Å². The Balaban J connectivity index is 1.33. The lowest BCUT2D eigenvalue weighted by atomic mass is 9.97.